The molecule has 0 aliphatic heterocycles. The van der Waals surface area contributed by atoms with Gasteiger partial charge in [-0.25, -0.2) is 0 Å². The molecular formula is C16H14Cl2N2O4. The second-order valence-corrected chi connectivity index (χ2v) is 5.82. The Balaban J connectivity index is 1.99. The number of carbonyl (C=O) groups excluding carboxylic acids is 1. The summed E-state index contributed by atoms with van der Waals surface area (Å²) in [5.74, 6) is 0.149. The van der Waals surface area contributed by atoms with Crippen LogP contribution >= 0.6 is 23.2 Å². The summed E-state index contributed by atoms with van der Waals surface area (Å²) in [7, 11) is 1.55. The monoisotopic (exact) mass is 368 g/mol. The molecule has 0 bridgehead atoms. The molecule has 126 valence electrons. The molecular weight excluding hydrogens is 355 g/mol. The van der Waals surface area contributed by atoms with E-state index in [9.17, 15) is 14.9 Å². The molecule has 6 nitrogen and oxygen atoms in total. The van der Waals surface area contributed by atoms with Gasteiger partial charge in [0.2, 0.25) is 0 Å². The lowest BCUT2D eigenvalue weighted by Gasteiger charge is -2.17. The summed E-state index contributed by atoms with van der Waals surface area (Å²) >= 11 is 11.5. The van der Waals surface area contributed by atoms with Crippen molar-refractivity contribution < 1.29 is 14.5 Å². The van der Waals surface area contributed by atoms with E-state index in [4.69, 9.17) is 27.9 Å². The van der Waals surface area contributed by atoms with Crippen LogP contribution in [0.25, 0.3) is 0 Å². The minimum Gasteiger partial charge on any atom is -0.492 e. The second-order valence-electron chi connectivity index (χ2n) is 4.95. The predicted octanol–water partition coefficient (Wildman–Crippen LogP) is 4.05. The molecule has 0 heterocycles. The Hall–Kier alpha value is -2.31. The van der Waals surface area contributed by atoms with Crippen molar-refractivity contribution in [2.24, 2.45) is 0 Å². The normalized spacial score (nSPS) is 10.3. The second kappa shape index (κ2) is 7.99. The first kappa shape index (κ1) is 18.0. The SMILES string of the molecule is CN(CCOc1ccc(Cl)cc1)C(=O)c1ccc(Cl)cc1[N+](=O)[O-]. The van der Waals surface area contributed by atoms with Gasteiger partial charge in [-0.2, -0.15) is 0 Å². The van der Waals surface area contributed by atoms with Crippen molar-refractivity contribution in [2.75, 3.05) is 20.2 Å². The molecule has 2 aromatic rings. The first-order valence-electron chi connectivity index (χ1n) is 6.96. The molecule has 8 heteroatoms. The number of ether oxygens (including phenoxy) is 1. The van der Waals surface area contributed by atoms with E-state index < -0.39 is 10.8 Å². The molecule has 2 rings (SSSR count). The number of benzene rings is 2. The lowest BCUT2D eigenvalue weighted by atomic mass is 10.1. The van der Waals surface area contributed by atoms with Crippen LogP contribution in [0.3, 0.4) is 0 Å². The third-order valence-electron chi connectivity index (χ3n) is 3.24. The third-order valence-corrected chi connectivity index (χ3v) is 3.73. The molecule has 24 heavy (non-hydrogen) atoms. The van der Waals surface area contributed by atoms with Gasteiger partial charge in [-0.3, -0.25) is 14.9 Å². The fourth-order valence-corrected chi connectivity index (χ4v) is 2.27. The summed E-state index contributed by atoms with van der Waals surface area (Å²) in [4.78, 5) is 24.2. The number of likely N-dealkylation sites (N-methyl/N-ethyl adjacent to an activating group) is 1. The molecule has 0 aromatic heterocycles. The van der Waals surface area contributed by atoms with E-state index in [-0.39, 0.29) is 29.4 Å². The van der Waals surface area contributed by atoms with Crippen molar-refractivity contribution in [3.05, 3.63) is 68.2 Å². The smallest absolute Gasteiger partial charge is 0.283 e. The van der Waals surface area contributed by atoms with Crippen LogP contribution in [0.4, 0.5) is 5.69 Å². The van der Waals surface area contributed by atoms with E-state index >= 15 is 0 Å². The van der Waals surface area contributed by atoms with E-state index in [2.05, 4.69) is 0 Å². The number of hydrogen-bond donors (Lipinski definition) is 0. The number of rotatable bonds is 6. The molecule has 0 aliphatic rings. The molecule has 0 atom stereocenters. The van der Waals surface area contributed by atoms with Crippen molar-refractivity contribution in [3.63, 3.8) is 0 Å². The minimum absolute atomic E-state index is 0.0154. The third kappa shape index (κ3) is 4.59. The molecule has 0 unspecified atom stereocenters. The highest BCUT2D eigenvalue weighted by molar-refractivity contribution is 6.31. The maximum absolute atomic E-state index is 12.4. The summed E-state index contributed by atoms with van der Waals surface area (Å²) in [5.41, 5.74) is -0.337. The predicted molar refractivity (Wildman–Crippen MR) is 92.0 cm³/mol. The van der Waals surface area contributed by atoms with Crippen molar-refractivity contribution in [1.29, 1.82) is 0 Å². The fourth-order valence-electron chi connectivity index (χ4n) is 1.98. The number of hydrogen-bond acceptors (Lipinski definition) is 4. The van der Waals surface area contributed by atoms with Crippen LogP contribution in [-0.4, -0.2) is 35.9 Å². The van der Waals surface area contributed by atoms with Crippen molar-refractivity contribution in [1.82, 2.24) is 4.90 Å². The van der Waals surface area contributed by atoms with Crippen LogP contribution in [0.5, 0.6) is 5.75 Å². The number of carbonyl (C=O) groups is 1. The largest absolute Gasteiger partial charge is 0.492 e. The van der Waals surface area contributed by atoms with Gasteiger partial charge in [0.1, 0.15) is 17.9 Å². The van der Waals surface area contributed by atoms with Gasteiger partial charge in [0.05, 0.1) is 11.5 Å². The van der Waals surface area contributed by atoms with Crippen molar-refractivity contribution in [2.45, 2.75) is 0 Å². The quantitative estimate of drug-likeness (QED) is 0.569. The lowest BCUT2D eigenvalue weighted by molar-refractivity contribution is -0.385. The highest BCUT2D eigenvalue weighted by Crippen LogP contribution is 2.24. The summed E-state index contributed by atoms with van der Waals surface area (Å²) in [6.45, 7) is 0.506. The Kier molecular flexibility index (Phi) is 6.00. The number of nitro groups is 1. The zero-order chi connectivity index (χ0) is 17.7. The molecule has 1 amide bonds. The summed E-state index contributed by atoms with van der Waals surface area (Å²) in [6, 6.07) is 10.8. The number of nitrogens with zero attached hydrogens (tertiary/aromatic N) is 2. The minimum atomic E-state index is -0.628. The molecule has 0 radical (unpaired) electrons. The Bertz CT molecular complexity index is 750. The maximum Gasteiger partial charge on any atom is 0.283 e. The van der Waals surface area contributed by atoms with Crippen LogP contribution in [0.1, 0.15) is 10.4 Å². The average Bonchev–Trinajstić information content (AvgIpc) is 2.55. The van der Waals surface area contributed by atoms with Gasteiger partial charge < -0.3 is 9.64 Å². The van der Waals surface area contributed by atoms with Crippen LogP contribution < -0.4 is 4.74 Å². The molecule has 2 aromatic carbocycles. The highest BCUT2D eigenvalue weighted by atomic mass is 35.5. The number of halogens is 2. The molecule has 0 N–H and O–H groups in total. The summed E-state index contributed by atoms with van der Waals surface area (Å²) in [6.07, 6.45) is 0. The van der Waals surface area contributed by atoms with Crippen LogP contribution in [0, 0.1) is 10.1 Å². The Labute approximate surface area is 148 Å². The van der Waals surface area contributed by atoms with Gasteiger partial charge >= 0.3 is 0 Å². The number of nitro benzene ring substituents is 1. The summed E-state index contributed by atoms with van der Waals surface area (Å²) in [5, 5.41) is 11.9. The van der Waals surface area contributed by atoms with Crippen LogP contribution in [0.15, 0.2) is 42.5 Å². The fraction of sp³-hybridized carbons (Fsp3) is 0.188. The number of amides is 1. The van der Waals surface area contributed by atoms with Gasteiger partial charge in [-0.05, 0) is 36.4 Å². The van der Waals surface area contributed by atoms with E-state index in [1.54, 1.807) is 31.3 Å². The summed E-state index contributed by atoms with van der Waals surface area (Å²) < 4.78 is 5.51. The highest BCUT2D eigenvalue weighted by Gasteiger charge is 2.23. The zero-order valence-corrected chi connectivity index (χ0v) is 14.3. The maximum atomic E-state index is 12.4. The zero-order valence-electron chi connectivity index (χ0n) is 12.7. The molecule has 0 spiro atoms. The van der Waals surface area contributed by atoms with E-state index in [0.29, 0.717) is 10.8 Å². The Morgan fingerprint density at radius 3 is 2.42 bits per heavy atom. The van der Waals surface area contributed by atoms with Gasteiger partial charge in [-0.1, -0.05) is 23.2 Å². The van der Waals surface area contributed by atoms with Gasteiger partial charge in [-0.15, -0.1) is 0 Å². The molecule has 0 fully saturated rings. The van der Waals surface area contributed by atoms with Gasteiger partial charge in [0.25, 0.3) is 11.6 Å². The van der Waals surface area contributed by atoms with Crippen LogP contribution in [0.2, 0.25) is 10.0 Å². The molecule has 0 aliphatic carbocycles. The Morgan fingerprint density at radius 2 is 1.79 bits per heavy atom. The topological polar surface area (TPSA) is 72.7 Å². The first-order chi connectivity index (χ1) is 11.4. The first-order valence-corrected chi connectivity index (χ1v) is 7.72. The molecule has 0 saturated carbocycles. The van der Waals surface area contributed by atoms with E-state index in [1.807, 2.05) is 0 Å². The Morgan fingerprint density at radius 1 is 1.17 bits per heavy atom. The van der Waals surface area contributed by atoms with Crippen LogP contribution in [-0.2, 0) is 0 Å². The van der Waals surface area contributed by atoms with E-state index in [1.165, 1.54) is 17.0 Å². The molecule has 0 saturated heterocycles. The lowest BCUT2D eigenvalue weighted by Crippen LogP contribution is -2.31. The standard InChI is InChI=1S/C16H14Cl2N2O4/c1-19(8-9-24-13-5-2-11(17)3-6-13)16(21)14-7-4-12(18)10-15(14)20(22)23/h2-7,10H,8-9H2,1H3. The van der Waals surface area contributed by atoms with E-state index in [0.717, 1.165) is 6.07 Å². The average molecular weight is 369 g/mol. The van der Waals surface area contributed by atoms with Gasteiger partial charge in [0, 0.05) is 23.2 Å². The van der Waals surface area contributed by atoms with Gasteiger partial charge in [0.15, 0.2) is 0 Å². The van der Waals surface area contributed by atoms with Crippen molar-refractivity contribution in [3.8, 4) is 5.75 Å². The van der Waals surface area contributed by atoms with Crippen molar-refractivity contribution >= 4 is 34.8 Å².